The molecule has 1 aromatic carbocycles. The van der Waals surface area contributed by atoms with E-state index in [4.69, 9.17) is 4.52 Å². The van der Waals surface area contributed by atoms with Gasteiger partial charge in [-0.1, -0.05) is 55.0 Å². The van der Waals surface area contributed by atoms with Gasteiger partial charge < -0.3 is 4.52 Å². The van der Waals surface area contributed by atoms with Crippen molar-refractivity contribution in [1.82, 2.24) is 10.1 Å². The van der Waals surface area contributed by atoms with Crippen LogP contribution in [-0.2, 0) is 17.6 Å². The van der Waals surface area contributed by atoms with Crippen LogP contribution in [0, 0.1) is 5.92 Å². The Morgan fingerprint density at radius 1 is 1.22 bits per heavy atom. The summed E-state index contributed by atoms with van der Waals surface area (Å²) in [5.74, 6) is 2.71. The number of rotatable bonds is 7. The molecule has 0 aliphatic rings. The molecular weight excluding hydrogens is 308 g/mol. The molecule has 0 saturated carbocycles. The van der Waals surface area contributed by atoms with Crippen LogP contribution in [0.4, 0.5) is 0 Å². The summed E-state index contributed by atoms with van der Waals surface area (Å²) in [6, 6.07) is 8.62. The van der Waals surface area contributed by atoms with Crippen molar-refractivity contribution >= 4 is 16.9 Å². The van der Waals surface area contributed by atoms with E-state index in [0.717, 1.165) is 6.42 Å². The number of nitrogens with zero attached hydrogens (tertiary/aromatic N) is 2. The van der Waals surface area contributed by atoms with Crippen molar-refractivity contribution in [1.29, 1.82) is 0 Å². The van der Waals surface area contributed by atoms with Crippen molar-refractivity contribution in [2.45, 2.75) is 46.5 Å². The maximum absolute atomic E-state index is 10.9. The van der Waals surface area contributed by atoms with Crippen LogP contribution < -0.4 is 0 Å². The molecule has 4 nitrogen and oxygen atoms in total. The Balaban J connectivity index is 1.98. The Labute approximate surface area is 142 Å². The summed E-state index contributed by atoms with van der Waals surface area (Å²) in [5.41, 5.74) is 2.52. The molecule has 2 aromatic rings. The first-order valence-electron chi connectivity index (χ1n) is 8.00. The molecule has 5 heteroatoms. The highest BCUT2D eigenvalue weighted by atomic mass is 32.2. The summed E-state index contributed by atoms with van der Waals surface area (Å²) >= 11 is 1.29. The van der Waals surface area contributed by atoms with Crippen molar-refractivity contribution in [3.8, 4) is 0 Å². The minimum absolute atomic E-state index is 0.0739. The minimum atomic E-state index is 0.0739. The predicted molar refractivity (Wildman–Crippen MR) is 93.6 cm³/mol. The smallest absolute Gasteiger partial charge is 0.233 e. The molecule has 0 aliphatic carbocycles. The number of hydrogen-bond donors (Lipinski definition) is 0. The fourth-order valence-electron chi connectivity index (χ4n) is 2.39. The van der Waals surface area contributed by atoms with E-state index in [2.05, 4.69) is 55.2 Å². The quantitative estimate of drug-likeness (QED) is 0.759. The lowest BCUT2D eigenvalue weighted by molar-refractivity contribution is -0.109. The Bertz CT molecular complexity index is 635. The first-order valence-corrected chi connectivity index (χ1v) is 8.99. The molecule has 0 spiro atoms. The average molecular weight is 332 g/mol. The Hall–Kier alpha value is -1.62. The first-order chi connectivity index (χ1) is 11.0. The number of carbonyl (C=O) groups is 1. The molecular formula is C18H24N2O2S. The summed E-state index contributed by atoms with van der Waals surface area (Å²) < 4.78 is 5.38. The Morgan fingerprint density at radius 3 is 2.52 bits per heavy atom. The van der Waals surface area contributed by atoms with Gasteiger partial charge in [-0.15, -0.1) is 0 Å². The maximum Gasteiger partial charge on any atom is 0.233 e. The molecule has 0 bridgehead atoms. The highest BCUT2D eigenvalue weighted by molar-refractivity contribution is 8.13. The number of carbonyl (C=O) groups excluding carboxylic acids is 1. The van der Waals surface area contributed by atoms with Gasteiger partial charge in [0.15, 0.2) is 10.9 Å². The van der Waals surface area contributed by atoms with Gasteiger partial charge in [-0.05, 0) is 30.4 Å². The van der Waals surface area contributed by atoms with Gasteiger partial charge in [-0.2, -0.15) is 4.98 Å². The standard InChI is InChI=1S/C18H24N2O2S/c1-12(2)11-15-5-7-16(8-6-15)13(3)18-19-17(20-22-18)9-10-23-14(4)21/h5-8,12-13H,9-11H2,1-4H3. The topological polar surface area (TPSA) is 56.0 Å². The summed E-state index contributed by atoms with van der Waals surface area (Å²) in [4.78, 5) is 15.4. The van der Waals surface area contributed by atoms with Gasteiger partial charge in [0.25, 0.3) is 0 Å². The molecule has 23 heavy (non-hydrogen) atoms. The van der Waals surface area contributed by atoms with Crippen LogP contribution in [0.15, 0.2) is 28.8 Å². The lowest BCUT2D eigenvalue weighted by Crippen LogP contribution is -1.99. The zero-order valence-electron chi connectivity index (χ0n) is 14.2. The van der Waals surface area contributed by atoms with Crippen molar-refractivity contribution in [3.05, 3.63) is 47.1 Å². The third kappa shape index (κ3) is 5.50. The lowest BCUT2D eigenvalue weighted by Gasteiger charge is -2.09. The zero-order valence-corrected chi connectivity index (χ0v) is 15.0. The van der Waals surface area contributed by atoms with Crippen molar-refractivity contribution < 1.29 is 9.32 Å². The fraction of sp³-hybridized carbons (Fsp3) is 0.500. The molecule has 124 valence electrons. The van der Waals surface area contributed by atoms with E-state index in [1.54, 1.807) is 6.92 Å². The van der Waals surface area contributed by atoms with Gasteiger partial charge in [-0.25, -0.2) is 0 Å². The summed E-state index contributed by atoms with van der Waals surface area (Å²) in [6.07, 6.45) is 1.74. The number of aromatic nitrogens is 2. The number of aryl methyl sites for hydroxylation is 1. The monoisotopic (exact) mass is 332 g/mol. The van der Waals surface area contributed by atoms with Gasteiger partial charge in [0.05, 0.1) is 5.92 Å². The van der Waals surface area contributed by atoms with Crippen molar-refractivity contribution in [2.24, 2.45) is 5.92 Å². The van der Waals surface area contributed by atoms with Crippen LogP contribution in [0.5, 0.6) is 0 Å². The van der Waals surface area contributed by atoms with E-state index in [-0.39, 0.29) is 11.0 Å². The lowest BCUT2D eigenvalue weighted by atomic mass is 9.97. The van der Waals surface area contributed by atoms with Gasteiger partial charge in [0, 0.05) is 19.1 Å². The van der Waals surface area contributed by atoms with Gasteiger partial charge in [0.1, 0.15) is 0 Å². The van der Waals surface area contributed by atoms with E-state index in [1.807, 2.05) is 0 Å². The Morgan fingerprint density at radius 2 is 1.91 bits per heavy atom. The Kier molecular flexibility index (Phi) is 6.39. The minimum Gasteiger partial charge on any atom is -0.339 e. The second-order valence-corrected chi connectivity index (χ2v) is 7.47. The molecule has 0 saturated heterocycles. The molecule has 0 radical (unpaired) electrons. The van der Waals surface area contributed by atoms with E-state index in [1.165, 1.54) is 22.9 Å². The van der Waals surface area contributed by atoms with E-state index >= 15 is 0 Å². The number of thioether (sulfide) groups is 1. The number of benzene rings is 1. The third-order valence-electron chi connectivity index (χ3n) is 3.61. The largest absolute Gasteiger partial charge is 0.339 e. The SMILES string of the molecule is CC(=O)SCCc1noc(C(C)c2ccc(CC(C)C)cc2)n1. The molecule has 1 aromatic heterocycles. The molecule has 0 fully saturated rings. The highest BCUT2D eigenvalue weighted by Crippen LogP contribution is 2.23. The molecule has 0 aliphatic heterocycles. The van der Waals surface area contributed by atoms with E-state index < -0.39 is 0 Å². The van der Waals surface area contributed by atoms with Gasteiger partial charge in [0.2, 0.25) is 5.89 Å². The predicted octanol–water partition coefficient (Wildman–Crippen LogP) is 4.24. The third-order valence-corrected chi connectivity index (χ3v) is 4.42. The summed E-state index contributed by atoms with van der Waals surface area (Å²) in [5, 5.41) is 4.12. The normalized spacial score (nSPS) is 12.6. The molecule has 1 unspecified atom stereocenters. The summed E-state index contributed by atoms with van der Waals surface area (Å²) in [6.45, 7) is 8.08. The highest BCUT2D eigenvalue weighted by Gasteiger charge is 2.16. The fourth-order valence-corrected chi connectivity index (χ4v) is 2.96. The second-order valence-electron chi connectivity index (χ2n) is 6.20. The maximum atomic E-state index is 10.9. The van der Waals surface area contributed by atoms with E-state index in [9.17, 15) is 4.79 Å². The van der Waals surface area contributed by atoms with Crippen LogP contribution >= 0.6 is 11.8 Å². The van der Waals surface area contributed by atoms with Crippen molar-refractivity contribution in [2.75, 3.05) is 5.75 Å². The van der Waals surface area contributed by atoms with Crippen LogP contribution in [0.1, 0.15) is 56.5 Å². The number of hydrogen-bond acceptors (Lipinski definition) is 5. The second kappa shape index (κ2) is 8.29. The first kappa shape index (κ1) is 17.7. The molecule has 1 heterocycles. The van der Waals surface area contributed by atoms with Crippen LogP contribution in [0.2, 0.25) is 0 Å². The van der Waals surface area contributed by atoms with Gasteiger partial charge in [-0.3, -0.25) is 4.79 Å². The van der Waals surface area contributed by atoms with Gasteiger partial charge >= 0.3 is 0 Å². The zero-order chi connectivity index (χ0) is 16.8. The average Bonchev–Trinajstić information content (AvgIpc) is 2.95. The molecule has 0 N–H and O–H groups in total. The molecule has 1 atom stereocenters. The van der Waals surface area contributed by atoms with Crippen LogP contribution in [0.25, 0.3) is 0 Å². The van der Waals surface area contributed by atoms with Crippen LogP contribution in [0.3, 0.4) is 0 Å². The van der Waals surface area contributed by atoms with E-state index in [0.29, 0.717) is 29.8 Å². The summed E-state index contributed by atoms with van der Waals surface area (Å²) in [7, 11) is 0. The van der Waals surface area contributed by atoms with Crippen LogP contribution in [-0.4, -0.2) is 21.0 Å². The molecule has 2 rings (SSSR count). The molecule has 0 amide bonds. The van der Waals surface area contributed by atoms with Crippen molar-refractivity contribution in [3.63, 3.8) is 0 Å².